The first-order chi connectivity index (χ1) is 8.54. The molecular weight excluding hydrogens is 368 g/mol. The number of rotatable bonds is 3. The Morgan fingerprint density at radius 1 is 0.944 bits per heavy atom. The van der Waals surface area contributed by atoms with Crippen LogP contribution in [0.2, 0.25) is 0 Å². The minimum Gasteiger partial charge on any atom is -0.245 e. The van der Waals surface area contributed by atoms with E-state index in [1.54, 1.807) is 0 Å². The molecule has 0 unspecified atom stereocenters. The summed E-state index contributed by atoms with van der Waals surface area (Å²) in [4.78, 5) is 4.31. The number of hydrogen-bond acceptors (Lipinski definition) is 1. The van der Waals surface area contributed by atoms with Gasteiger partial charge in [0.1, 0.15) is 16.2 Å². The van der Waals surface area contributed by atoms with E-state index in [0.717, 1.165) is 20.8 Å². The number of pyridine rings is 1. The fraction of sp³-hybridized carbons (Fsp3) is 0.154. The highest BCUT2D eigenvalue weighted by atomic mass is 79.9. The van der Waals surface area contributed by atoms with Gasteiger partial charge in [0.2, 0.25) is 0 Å². The predicted molar refractivity (Wildman–Crippen MR) is 73.4 cm³/mol. The van der Waals surface area contributed by atoms with Crippen molar-refractivity contribution in [2.24, 2.45) is 0 Å². The van der Waals surface area contributed by atoms with E-state index < -0.39 is 11.6 Å². The molecule has 0 saturated carbocycles. The number of aryl methyl sites for hydroxylation is 2. The summed E-state index contributed by atoms with van der Waals surface area (Å²) in [5, 5.41) is 0. The average molecular weight is 377 g/mol. The van der Waals surface area contributed by atoms with Crippen molar-refractivity contribution in [3.05, 3.63) is 62.3 Å². The molecule has 0 atom stereocenters. The van der Waals surface area contributed by atoms with E-state index in [1.807, 2.05) is 12.1 Å². The van der Waals surface area contributed by atoms with Crippen LogP contribution in [0.5, 0.6) is 0 Å². The number of halogens is 4. The van der Waals surface area contributed by atoms with Crippen LogP contribution in [0.1, 0.15) is 11.3 Å². The van der Waals surface area contributed by atoms with Crippen molar-refractivity contribution >= 4 is 31.9 Å². The summed E-state index contributed by atoms with van der Waals surface area (Å²) in [6.07, 6.45) is 1.15. The molecule has 0 aliphatic heterocycles. The van der Waals surface area contributed by atoms with Crippen molar-refractivity contribution < 1.29 is 8.78 Å². The highest BCUT2D eigenvalue weighted by Crippen LogP contribution is 2.20. The smallest absolute Gasteiger partial charge is 0.126 e. The summed E-state index contributed by atoms with van der Waals surface area (Å²) in [6.45, 7) is 0. The van der Waals surface area contributed by atoms with Gasteiger partial charge in [-0.1, -0.05) is 0 Å². The van der Waals surface area contributed by atoms with Gasteiger partial charge in [0, 0.05) is 10.5 Å². The van der Waals surface area contributed by atoms with Gasteiger partial charge in [-0.15, -0.1) is 0 Å². The number of aromatic nitrogens is 1. The molecule has 5 heteroatoms. The Labute approximate surface area is 121 Å². The minimum absolute atomic E-state index is 0.538. The van der Waals surface area contributed by atoms with Gasteiger partial charge in [-0.25, -0.2) is 13.8 Å². The standard InChI is InChI=1S/C13H9Br2F2N/c14-11-2-4-13(15)18-12(11)3-1-8-5-9(16)7-10(17)6-8/h2,4-7H,1,3H2. The molecule has 1 aromatic carbocycles. The fourth-order valence-electron chi connectivity index (χ4n) is 1.65. The van der Waals surface area contributed by atoms with Crippen LogP contribution < -0.4 is 0 Å². The number of nitrogens with zero attached hydrogens (tertiary/aromatic N) is 1. The van der Waals surface area contributed by atoms with Crippen LogP contribution in [0.4, 0.5) is 8.78 Å². The maximum atomic E-state index is 13.0. The molecule has 0 radical (unpaired) electrons. The van der Waals surface area contributed by atoms with Crippen LogP contribution in [0, 0.1) is 11.6 Å². The highest BCUT2D eigenvalue weighted by Gasteiger charge is 2.05. The Hall–Kier alpha value is -0.810. The molecule has 0 amide bonds. The van der Waals surface area contributed by atoms with Crippen molar-refractivity contribution in [3.8, 4) is 0 Å². The van der Waals surface area contributed by atoms with E-state index in [4.69, 9.17) is 0 Å². The topological polar surface area (TPSA) is 12.9 Å². The fourth-order valence-corrected chi connectivity index (χ4v) is 2.42. The summed E-state index contributed by atoms with van der Waals surface area (Å²) in [7, 11) is 0. The summed E-state index contributed by atoms with van der Waals surface area (Å²) in [5.74, 6) is -1.10. The van der Waals surface area contributed by atoms with Crippen molar-refractivity contribution in [3.63, 3.8) is 0 Å². The molecule has 2 rings (SSSR count). The van der Waals surface area contributed by atoms with Crippen LogP contribution in [0.25, 0.3) is 0 Å². The third kappa shape index (κ3) is 3.59. The largest absolute Gasteiger partial charge is 0.245 e. The van der Waals surface area contributed by atoms with E-state index in [2.05, 4.69) is 36.8 Å². The van der Waals surface area contributed by atoms with Crippen molar-refractivity contribution in [2.45, 2.75) is 12.8 Å². The van der Waals surface area contributed by atoms with Gasteiger partial charge in [-0.05, 0) is 74.5 Å². The maximum absolute atomic E-state index is 13.0. The molecule has 0 spiro atoms. The molecule has 94 valence electrons. The molecule has 1 nitrogen and oxygen atoms in total. The molecule has 0 aliphatic rings. The van der Waals surface area contributed by atoms with Crippen molar-refractivity contribution in [2.75, 3.05) is 0 Å². The zero-order valence-electron chi connectivity index (χ0n) is 9.26. The van der Waals surface area contributed by atoms with Gasteiger partial charge in [0.15, 0.2) is 0 Å². The molecule has 0 aliphatic carbocycles. The quantitative estimate of drug-likeness (QED) is 0.709. The van der Waals surface area contributed by atoms with Crippen LogP contribution in [-0.2, 0) is 12.8 Å². The Bertz CT molecular complexity index is 553. The van der Waals surface area contributed by atoms with E-state index >= 15 is 0 Å². The predicted octanol–water partition coefficient (Wildman–Crippen LogP) is 4.67. The van der Waals surface area contributed by atoms with Crippen LogP contribution in [0.3, 0.4) is 0 Å². The lowest BCUT2D eigenvalue weighted by Crippen LogP contribution is -1.97. The van der Waals surface area contributed by atoms with E-state index in [1.165, 1.54) is 12.1 Å². The molecule has 0 bridgehead atoms. The SMILES string of the molecule is Fc1cc(F)cc(CCc2nc(Br)ccc2Br)c1. The van der Waals surface area contributed by atoms with E-state index in [0.29, 0.717) is 18.4 Å². The molecule has 0 saturated heterocycles. The van der Waals surface area contributed by atoms with Crippen molar-refractivity contribution in [1.82, 2.24) is 4.98 Å². The summed E-state index contributed by atoms with van der Waals surface area (Å²) < 4.78 is 27.7. The second kappa shape index (κ2) is 5.89. The maximum Gasteiger partial charge on any atom is 0.126 e. The number of hydrogen-bond donors (Lipinski definition) is 0. The minimum atomic E-state index is -0.550. The first kappa shape index (κ1) is 13.6. The number of benzene rings is 1. The highest BCUT2D eigenvalue weighted by molar-refractivity contribution is 9.11. The molecule has 1 heterocycles. The van der Waals surface area contributed by atoms with Gasteiger partial charge in [0.05, 0.1) is 5.69 Å². The third-order valence-corrected chi connectivity index (χ3v) is 3.62. The molecule has 0 fully saturated rings. The van der Waals surface area contributed by atoms with Gasteiger partial charge in [0.25, 0.3) is 0 Å². The summed E-state index contributed by atoms with van der Waals surface area (Å²) in [5.41, 5.74) is 1.48. The van der Waals surface area contributed by atoms with Crippen LogP contribution in [0.15, 0.2) is 39.4 Å². The molecule has 1 aromatic heterocycles. The lowest BCUT2D eigenvalue weighted by atomic mass is 10.1. The van der Waals surface area contributed by atoms with Gasteiger partial charge >= 0.3 is 0 Å². The zero-order chi connectivity index (χ0) is 13.1. The van der Waals surface area contributed by atoms with Gasteiger partial charge in [-0.3, -0.25) is 0 Å². The lowest BCUT2D eigenvalue weighted by Gasteiger charge is -2.05. The van der Waals surface area contributed by atoms with Gasteiger partial charge < -0.3 is 0 Å². The second-order valence-electron chi connectivity index (χ2n) is 3.84. The van der Waals surface area contributed by atoms with Crippen LogP contribution >= 0.6 is 31.9 Å². The zero-order valence-corrected chi connectivity index (χ0v) is 12.4. The Morgan fingerprint density at radius 2 is 1.61 bits per heavy atom. The first-order valence-corrected chi connectivity index (χ1v) is 6.89. The van der Waals surface area contributed by atoms with Crippen molar-refractivity contribution in [1.29, 1.82) is 0 Å². The monoisotopic (exact) mass is 375 g/mol. The Morgan fingerprint density at radius 3 is 2.28 bits per heavy atom. The Kier molecular flexibility index (Phi) is 4.45. The Balaban J connectivity index is 2.13. The second-order valence-corrected chi connectivity index (χ2v) is 5.51. The molecular formula is C13H9Br2F2N. The molecule has 0 N–H and O–H groups in total. The molecule has 2 aromatic rings. The van der Waals surface area contributed by atoms with E-state index in [-0.39, 0.29) is 0 Å². The normalized spacial score (nSPS) is 10.7. The summed E-state index contributed by atoms with van der Waals surface area (Å²) >= 11 is 6.70. The van der Waals surface area contributed by atoms with E-state index in [9.17, 15) is 8.78 Å². The first-order valence-electron chi connectivity index (χ1n) is 5.30. The lowest BCUT2D eigenvalue weighted by molar-refractivity contribution is 0.579. The van der Waals surface area contributed by atoms with Crippen LogP contribution in [-0.4, -0.2) is 4.98 Å². The molecule has 18 heavy (non-hydrogen) atoms. The third-order valence-electron chi connectivity index (χ3n) is 2.46. The average Bonchev–Trinajstić information content (AvgIpc) is 2.29. The van der Waals surface area contributed by atoms with Gasteiger partial charge in [-0.2, -0.15) is 0 Å². The summed E-state index contributed by atoms with van der Waals surface area (Å²) in [6, 6.07) is 7.27.